The fourth-order valence-electron chi connectivity index (χ4n) is 1.63. The van der Waals surface area contributed by atoms with Crippen LogP contribution in [-0.4, -0.2) is 31.2 Å². The van der Waals surface area contributed by atoms with Crippen molar-refractivity contribution in [1.82, 2.24) is 0 Å². The quantitative estimate of drug-likeness (QED) is 0.450. The van der Waals surface area contributed by atoms with Crippen LogP contribution in [0.2, 0.25) is 0 Å². The minimum Gasteiger partial charge on any atom is -0.400 e. The third-order valence-corrected chi connectivity index (χ3v) is 3.57. The van der Waals surface area contributed by atoms with E-state index in [1.165, 1.54) is 6.92 Å². The summed E-state index contributed by atoms with van der Waals surface area (Å²) in [6.45, 7) is 11.9. The molecule has 20 heavy (non-hydrogen) atoms. The van der Waals surface area contributed by atoms with Crippen molar-refractivity contribution in [3.63, 3.8) is 0 Å². The van der Waals surface area contributed by atoms with Gasteiger partial charge in [0.2, 0.25) is 0 Å². The largest absolute Gasteiger partial charge is 0.490 e. The zero-order valence-corrected chi connectivity index (χ0v) is 12.3. The Balaban J connectivity index is 3.02. The predicted molar refractivity (Wildman–Crippen MR) is 73.5 cm³/mol. The van der Waals surface area contributed by atoms with Crippen molar-refractivity contribution < 1.29 is 22.5 Å². The van der Waals surface area contributed by atoms with Crippen molar-refractivity contribution >= 4 is 13.8 Å². The van der Waals surface area contributed by atoms with E-state index in [0.717, 1.165) is 6.08 Å². The van der Waals surface area contributed by atoms with Crippen LogP contribution >= 0.6 is 0 Å². The molecule has 0 amide bonds. The molecule has 1 saturated heterocycles. The summed E-state index contributed by atoms with van der Waals surface area (Å²) in [4.78, 5) is 3.18. The number of rotatable bonds is 3. The SMILES string of the molecule is C=N/C=C(\C=C(/C)B1OC(C)(C)C(C)(C)O1)C(F)(F)F. The first-order valence-corrected chi connectivity index (χ1v) is 6.18. The summed E-state index contributed by atoms with van der Waals surface area (Å²) < 4.78 is 49.7. The third kappa shape index (κ3) is 3.52. The van der Waals surface area contributed by atoms with Crippen molar-refractivity contribution in [3.05, 3.63) is 23.3 Å². The minimum atomic E-state index is -4.49. The maximum Gasteiger partial charge on any atom is 0.490 e. The van der Waals surface area contributed by atoms with Gasteiger partial charge in [-0.3, -0.25) is 4.99 Å². The highest BCUT2D eigenvalue weighted by molar-refractivity contribution is 6.54. The molecule has 0 atom stereocenters. The maximum absolute atomic E-state index is 12.8. The van der Waals surface area contributed by atoms with Gasteiger partial charge in [-0.2, -0.15) is 13.2 Å². The van der Waals surface area contributed by atoms with Crippen LogP contribution in [0.5, 0.6) is 0 Å². The van der Waals surface area contributed by atoms with Crippen LogP contribution in [0.15, 0.2) is 28.3 Å². The summed E-state index contributed by atoms with van der Waals surface area (Å²) in [5.74, 6) is 0. The van der Waals surface area contributed by atoms with Crippen LogP contribution < -0.4 is 0 Å². The Bertz CT molecular complexity index is 437. The number of hydrogen-bond donors (Lipinski definition) is 0. The highest BCUT2D eigenvalue weighted by Gasteiger charge is 2.51. The number of halogens is 3. The molecule has 0 aromatic carbocycles. The molecule has 0 radical (unpaired) electrons. The van der Waals surface area contributed by atoms with Crippen LogP contribution in [0.4, 0.5) is 13.2 Å². The molecule has 1 aliphatic heterocycles. The molecule has 1 rings (SSSR count). The number of alkyl halides is 3. The van der Waals surface area contributed by atoms with E-state index in [-0.39, 0.29) is 0 Å². The molecule has 0 saturated carbocycles. The molecule has 0 bridgehead atoms. The Morgan fingerprint density at radius 3 is 1.95 bits per heavy atom. The summed E-state index contributed by atoms with van der Waals surface area (Å²) in [6, 6.07) is 0. The lowest BCUT2D eigenvalue weighted by Crippen LogP contribution is -2.41. The minimum absolute atomic E-state index is 0.330. The summed E-state index contributed by atoms with van der Waals surface area (Å²) in [7, 11) is -0.810. The van der Waals surface area contributed by atoms with Crippen molar-refractivity contribution in [2.75, 3.05) is 0 Å². The van der Waals surface area contributed by atoms with E-state index in [9.17, 15) is 13.2 Å². The fourth-order valence-corrected chi connectivity index (χ4v) is 1.63. The van der Waals surface area contributed by atoms with E-state index in [2.05, 4.69) is 11.7 Å². The van der Waals surface area contributed by atoms with Gasteiger partial charge in [0, 0.05) is 6.20 Å². The summed E-state index contributed by atoms with van der Waals surface area (Å²) >= 11 is 0. The number of allylic oxidation sites excluding steroid dienone is 3. The van der Waals surface area contributed by atoms with E-state index >= 15 is 0 Å². The Morgan fingerprint density at radius 1 is 1.15 bits per heavy atom. The monoisotopic (exact) mass is 289 g/mol. The lowest BCUT2D eigenvalue weighted by molar-refractivity contribution is -0.0883. The molecule has 7 heteroatoms. The van der Waals surface area contributed by atoms with Gasteiger partial charge in [0.15, 0.2) is 0 Å². The van der Waals surface area contributed by atoms with E-state index in [4.69, 9.17) is 9.31 Å². The fraction of sp³-hybridized carbons (Fsp3) is 0.615. The second-order valence-electron chi connectivity index (χ2n) is 5.74. The lowest BCUT2D eigenvalue weighted by atomic mass is 9.78. The van der Waals surface area contributed by atoms with Crippen molar-refractivity contribution in [2.24, 2.45) is 4.99 Å². The molecular weight excluding hydrogens is 270 g/mol. The first-order valence-electron chi connectivity index (χ1n) is 6.18. The van der Waals surface area contributed by atoms with Crippen molar-refractivity contribution in [3.8, 4) is 0 Å². The van der Waals surface area contributed by atoms with Crippen LogP contribution in [0.3, 0.4) is 0 Å². The predicted octanol–water partition coefficient (Wildman–Crippen LogP) is 3.71. The zero-order chi connectivity index (χ0) is 15.8. The number of nitrogens with zero attached hydrogens (tertiary/aromatic N) is 1. The van der Waals surface area contributed by atoms with Gasteiger partial charge in [-0.1, -0.05) is 6.08 Å². The van der Waals surface area contributed by atoms with Crippen LogP contribution in [0.25, 0.3) is 0 Å². The smallest absolute Gasteiger partial charge is 0.400 e. The van der Waals surface area contributed by atoms with Crippen molar-refractivity contribution in [2.45, 2.75) is 52.0 Å². The molecule has 0 aromatic heterocycles. The molecule has 1 heterocycles. The Hall–Kier alpha value is -1.08. The molecular formula is C13H19BF3NO2. The van der Waals surface area contributed by atoms with Gasteiger partial charge in [-0.15, -0.1) is 0 Å². The Kier molecular flexibility index (Phi) is 4.56. The van der Waals surface area contributed by atoms with Gasteiger partial charge in [-0.25, -0.2) is 0 Å². The van der Waals surface area contributed by atoms with E-state index in [0.29, 0.717) is 11.7 Å². The van der Waals surface area contributed by atoms with E-state index in [1.54, 1.807) is 0 Å². The van der Waals surface area contributed by atoms with Crippen LogP contribution in [0.1, 0.15) is 34.6 Å². The van der Waals surface area contributed by atoms with E-state index < -0.39 is 30.1 Å². The van der Waals surface area contributed by atoms with Gasteiger partial charge >= 0.3 is 13.3 Å². The van der Waals surface area contributed by atoms with Crippen LogP contribution in [0, 0.1) is 0 Å². The lowest BCUT2D eigenvalue weighted by Gasteiger charge is -2.32. The van der Waals surface area contributed by atoms with Gasteiger partial charge in [-0.05, 0) is 46.8 Å². The second kappa shape index (κ2) is 5.37. The number of aliphatic imine (C=N–C) groups is 1. The Labute approximate surface area is 117 Å². The van der Waals surface area contributed by atoms with Gasteiger partial charge in [0.25, 0.3) is 0 Å². The molecule has 1 fully saturated rings. The topological polar surface area (TPSA) is 30.8 Å². The average Bonchev–Trinajstić information content (AvgIpc) is 2.46. The summed E-state index contributed by atoms with van der Waals surface area (Å²) in [5, 5.41) is 0. The molecule has 0 spiro atoms. The molecule has 0 unspecified atom stereocenters. The van der Waals surface area contributed by atoms with Crippen molar-refractivity contribution in [1.29, 1.82) is 0 Å². The summed E-state index contributed by atoms with van der Waals surface area (Å²) in [6.07, 6.45) is -2.85. The highest BCUT2D eigenvalue weighted by atomic mass is 19.4. The molecule has 3 nitrogen and oxygen atoms in total. The standard InChI is InChI=1S/C13H19BF3NO2/c1-9(7-10(8-18-6)13(15,16)17)14-19-11(2,3)12(4,5)20-14/h7-8H,6H2,1-5H3/b9-7+,10-8+. The first-order chi connectivity index (χ1) is 8.90. The maximum atomic E-state index is 12.8. The molecule has 0 aliphatic carbocycles. The molecule has 0 aromatic rings. The second-order valence-corrected chi connectivity index (χ2v) is 5.74. The zero-order valence-electron chi connectivity index (χ0n) is 12.3. The third-order valence-electron chi connectivity index (χ3n) is 3.57. The van der Waals surface area contributed by atoms with Gasteiger partial charge in [0.1, 0.15) is 0 Å². The Morgan fingerprint density at radius 2 is 1.60 bits per heavy atom. The highest BCUT2D eigenvalue weighted by Crippen LogP contribution is 2.39. The average molecular weight is 289 g/mol. The first kappa shape index (κ1) is 17.0. The molecule has 112 valence electrons. The normalized spacial score (nSPS) is 23.1. The molecule has 0 N–H and O–H groups in total. The van der Waals surface area contributed by atoms with Gasteiger partial charge < -0.3 is 9.31 Å². The van der Waals surface area contributed by atoms with Gasteiger partial charge in [0.05, 0.1) is 16.8 Å². The van der Waals surface area contributed by atoms with E-state index in [1.807, 2.05) is 27.7 Å². The number of hydrogen-bond acceptors (Lipinski definition) is 3. The molecule has 1 aliphatic rings. The van der Waals surface area contributed by atoms with Crippen LogP contribution in [-0.2, 0) is 9.31 Å². The summed E-state index contributed by atoms with van der Waals surface area (Å²) in [5.41, 5.74) is -1.74.